The number of oxazole rings is 1. The van der Waals surface area contributed by atoms with Crippen LogP contribution >= 0.6 is 0 Å². The molecular formula is C28H29FN4O4S. The van der Waals surface area contributed by atoms with Crippen molar-refractivity contribution in [2.24, 2.45) is 5.92 Å². The van der Waals surface area contributed by atoms with Crippen LogP contribution in [0, 0.1) is 23.1 Å². The Kier molecular flexibility index (Phi) is 7.47. The summed E-state index contributed by atoms with van der Waals surface area (Å²) in [6.07, 6.45) is 3.28. The van der Waals surface area contributed by atoms with E-state index in [0.29, 0.717) is 42.4 Å². The lowest BCUT2D eigenvalue weighted by Crippen LogP contribution is -2.40. The molecular weight excluding hydrogens is 507 g/mol. The molecule has 1 amide bonds. The Morgan fingerprint density at radius 3 is 2.39 bits per heavy atom. The first-order valence-corrected chi connectivity index (χ1v) is 14.6. The van der Waals surface area contributed by atoms with Crippen LogP contribution in [0.2, 0.25) is 0 Å². The number of rotatable bonds is 6. The number of anilines is 1. The number of amides is 1. The third-order valence-electron chi connectivity index (χ3n) is 7.38. The number of benzene rings is 2. The van der Waals surface area contributed by atoms with Gasteiger partial charge in [0.25, 0.3) is 0 Å². The Hall–Kier alpha value is -3.71. The summed E-state index contributed by atoms with van der Waals surface area (Å²) in [7, 11) is -2.98. The lowest BCUT2D eigenvalue weighted by molar-refractivity contribution is -0.126. The van der Waals surface area contributed by atoms with E-state index >= 15 is 0 Å². The van der Waals surface area contributed by atoms with Crippen LogP contribution < -0.4 is 10.2 Å². The number of carbonyl (C=O) groups excluding carboxylic acids is 1. The van der Waals surface area contributed by atoms with Crippen LogP contribution in [0.1, 0.15) is 37.4 Å². The summed E-state index contributed by atoms with van der Waals surface area (Å²) < 4.78 is 43.5. The second kappa shape index (κ2) is 11.0. The van der Waals surface area contributed by atoms with E-state index in [1.807, 2.05) is 30.3 Å². The summed E-state index contributed by atoms with van der Waals surface area (Å²) in [5.74, 6) is 0.145. The molecule has 2 unspecified atom stereocenters. The molecule has 1 aliphatic heterocycles. The molecule has 2 atom stereocenters. The molecule has 2 aliphatic rings. The van der Waals surface area contributed by atoms with Crippen LogP contribution in [0.25, 0.3) is 22.7 Å². The lowest BCUT2D eigenvalue weighted by Gasteiger charge is -2.29. The smallest absolute Gasteiger partial charge is 0.226 e. The fourth-order valence-corrected chi connectivity index (χ4v) is 6.52. The SMILES string of the molecule is N#CCNC(=O)C1CCCCC1c1oc(-c2ccc(F)cc2)nc1-c1ccc(N2CCS(=O)(=O)CC2)cc1. The average Bonchev–Trinajstić information content (AvgIpc) is 3.37. The van der Waals surface area contributed by atoms with Gasteiger partial charge in [-0.25, -0.2) is 17.8 Å². The highest BCUT2D eigenvalue weighted by atomic mass is 32.2. The zero-order valence-corrected chi connectivity index (χ0v) is 21.7. The molecule has 10 heteroatoms. The van der Waals surface area contributed by atoms with E-state index in [-0.39, 0.29) is 41.6 Å². The van der Waals surface area contributed by atoms with Crippen LogP contribution in [-0.4, -0.2) is 50.4 Å². The molecule has 0 bridgehead atoms. The van der Waals surface area contributed by atoms with Crippen molar-refractivity contribution in [2.75, 3.05) is 36.0 Å². The predicted molar refractivity (Wildman–Crippen MR) is 142 cm³/mol. The maximum Gasteiger partial charge on any atom is 0.226 e. The Labute approximate surface area is 221 Å². The second-order valence-corrected chi connectivity index (χ2v) is 12.1. The van der Waals surface area contributed by atoms with Gasteiger partial charge >= 0.3 is 0 Å². The van der Waals surface area contributed by atoms with E-state index in [1.165, 1.54) is 12.1 Å². The van der Waals surface area contributed by atoms with E-state index in [1.54, 1.807) is 12.1 Å². The standard InChI is InChI=1S/C28H29FN4O4S/c29-21-9-5-20(6-10-21)28-32-25(19-7-11-22(12-8-19)33-15-17-38(35,36)18-16-33)26(37-28)23-3-1-2-4-24(23)27(34)31-14-13-30/h5-12,23-24H,1-4,14-18H2,(H,31,34). The highest BCUT2D eigenvalue weighted by Crippen LogP contribution is 2.44. The number of nitriles is 1. The molecule has 3 aromatic rings. The molecule has 5 rings (SSSR count). The van der Waals surface area contributed by atoms with Crippen molar-refractivity contribution in [3.05, 3.63) is 60.1 Å². The van der Waals surface area contributed by atoms with Crippen molar-refractivity contribution in [3.63, 3.8) is 0 Å². The first-order chi connectivity index (χ1) is 18.3. The van der Waals surface area contributed by atoms with Crippen molar-refractivity contribution < 1.29 is 22.0 Å². The fraction of sp³-hybridized carbons (Fsp3) is 0.393. The van der Waals surface area contributed by atoms with E-state index in [0.717, 1.165) is 30.5 Å². The van der Waals surface area contributed by atoms with Crippen LogP contribution in [0.3, 0.4) is 0 Å². The number of hydrogen-bond acceptors (Lipinski definition) is 7. The first-order valence-electron chi connectivity index (χ1n) is 12.8. The van der Waals surface area contributed by atoms with Crippen molar-refractivity contribution in [3.8, 4) is 28.8 Å². The van der Waals surface area contributed by atoms with Crippen LogP contribution in [-0.2, 0) is 14.6 Å². The van der Waals surface area contributed by atoms with Crippen molar-refractivity contribution in [2.45, 2.75) is 31.6 Å². The Morgan fingerprint density at radius 2 is 1.71 bits per heavy atom. The van der Waals surface area contributed by atoms with Crippen molar-refractivity contribution in [1.29, 1.82) is 5.26 Å². The van der Waals surface area contributed by atoms with Crippen LogP contribution in [0.5, 0.6) is 0 Å². The zero-order valence-electron chi connectivity index (χ0n) is 20.9. The maximum absolute atomic E-state index is 13.6. The minimum Gasteiger partial charge on any atom is -0.440 e. The molecule has 38 heavy (non-hydrogen) atoms. The number of hydrogen-bond donors (Lipinski definition) is 1. The van der Waals surface area contributed by atoms with Gasteiger partial charge in [0.1, 0.15) is 23.8 Å². The summed E-state index contributed by atoms with van der Waals surface area (Å²) in [5.41, 5.74) is 3.00. The molecule has 2 fully saturated rings. The second-order valence-electron chi connectivity index (χ2n) is 9.80. The van der Waals surface area contributed by atoms with Crippen LogP contribution in [0.15, 0.2) is 52.9 Å². The van der Waals surface area contributed by atoms with Crippen molar-refractivity contribution >= 4 is 21.4 Å². The first kappa shape index (κ1) is 25.9. The van der Waals surface area contributed by atoms with Gasteiger partial charge in [-0.05, 0) is 49.2 Å². The van der Waals surface area contributed by atoms with Gasteiger partial charge < -0.3 is 14.6 Å². The molecule has 8 nitrogen and oxygen atoms in total. The monoisotopic (exact) mass is 536 g/mol. The molecule has 1 aromatic heterocycles. The molecule has 1 saturated heterocycles. The van der Waals surface area contributed by atoms with Gasteiger partial charge in [0.05, 0.1) is 17.6 Å². The number of halogens is 1. The van der Waals surface area contributed by atoms with E-state index < -0.39 is 9.84 Å². The molecule has 1 aliphatic carbocycles. The van der Waals surface area contributed by atoms with E-state index in [9.17, 15) is 17.6 Å². The van der Waals surface area contributed by atoms with E-state index in [2.05, 4.69) is 10.2 Å². The maximum atomic E-state index is 13.6. The molecule has 2 aromatic carbocycles. The van der Waals surface area contributed by atoms with Gasteiger partial charge in [0.2, 0.25) is 11.8 Å². The fourth-order valence-electron chi connectivity index (χ4n) is 5.32. The van der Waals surface area contributed by atoms with E-state index in [4.69, 9.17) is 14.7 Å². The average molecular weight is 537 g/mol. The summed E-state index contributed by atoms with van der Waals surface area (Å²) in [4.78, 5) is 19.8. The van der Waals surface area contributed by atoms with Crippen molar-refractivity contribution in [1.82, 2.24) is 10.3 Å². The molecule has 2 heterocycles. The molecule has 1 saturated carbocycles. The lowest BCUT2D eigenvalue weighted by atomic mass is 9.76. The quantitative estimate of drug-likeness (QED) is 0.467. The normalized spacial score (nSPS) is 21.0. The van der Waals surface area contributed by atoms with Gasteiger partial charge in [-0.2, -0.15) is 5.26 Å². The van der Waals surface area contributed by atoms with Crippen LogP contribution in [0.4, 0.5) is 10.1 Å². The molecule has 1 N–H and O–H groups in total. The number of sulfone groups is 1. The van der Waals surface area contributed by atoms with Gasteiger partial charge in [0.15, 0.2) is 9.84 Å². The highest BCUT2D eigenvalue weighted by molar-refractivity contribution is 7.91. The molecule has 198 valence electrons. The summed E-state index contributed by atoms with van der Waals surface area (Å²) in [5, 5.41) is 11.6. The summed E-state index contributed by atoms with van der Waals surface area (Å²) >= 11 is 0. The minimum absolute atomic E-state index is 0.0502. The van der Waals surface area contributed by atoms with Gasteiger partial charge in [-0.15, -0.1) is 0 Å². The number of nitrogens with zero attached hydrogens (tertiary/aromatic N) is 3. The third-order valence-corrected chi connectivity index (χ3v) is 8.99. The Morgan fingerprint density at radius 1 is 1.05 bits per heavy atom. The minimum atomic E-state index is -2.98. The van der Waals surface area contributed by atoms with Gasteiger partial charge in [0, 0.05) is 41.7 Å². The topological polar surface area (TPSA) is 116 Å². The number of carbonyl (C=O) groups is 1. The molecule has 0 spiro atoms. The number of aromatic nitrogens is 1. The van der Waals surface area contributed by atoms with Gasteiger partial charge in [-0.1, -0.05) is 25.0 Å². The largest absolute Gasteiger partial charge is 0.440 e. The Bertz CT molecular complexity index is 1430. The molecule has 0 radical (unpaired) electrons. The Balaban J connectivity index is 1.50. The summed E-state index contributed by atoms with van der Waals surface area (Å²) in [6, 6.07) is 15.6. The highest BCUT2D eigenvalue weighted by Gasteiger charge is 2.37. The zero-order chi connectivity index (χ0) is 26.7. The third kappa shape index (κ3) is 5.58. The summed E-state index contributed by atoms with van der Waals surface area (Å²) in [6.45, 7) is 0.853. The predicted octanol–water partition coefficient (Wildman–Crippen LogP) is 4.30. The van der Waals surface area contributed by atoms with Gasteiger partial charge in [-0.3, -0.25) is 4.79 Å². The number of nitrogens with one attached hydrogen (secondary N) is 1.